The van der Waals surface area contributed by atoms with E-state index >= 15 is 0 Å². The summed E-state index contributed by atoms with van der Waals surface area (Å²) >= 11 is 0. The predicted molar refractivity (Wildman–Crippen MR) is 232 cm³/mol. The zero-order valence-corrected chi connectivity index (χ0v) is 38.6. The van der Waals surface area contributed by atoms with Crippen LogP contribution < -0.4 is 5.32 Å². The number of fused-ring (bicyclic) bond motifs is 3. The Morgan fingerprint density at radius 1 is 0.603 bits per heavy atom. The van der Waals surface area contributed by atoms with Gasteiger partial charge in [-0.25, -0.2) is 55.4 Å². The zero-order valence-electron chi connectivity index (χ0n) is 38.6. The van der Waals surface area contributed by atoms with Crippen molar-refractivity contribution in [2.45, 2.75) is 128 Å². The summed E-state index contributed by atoms with van der Waals surface area (Å²) in [5, 5.41) is 14.9. The Kier molecular flexibility index (Phi) is 15.3. The molecular weight excluding hydrogens is 905 g/mol. The highest BCUT2D eigenvalue weighted by molar-refractivity contribution is 5.69. The smallest absolute Gasteiger partial charge is 0.410 e. The predicted octanol–water partition coefficient (Wildman–Crippen LogP) is 7.88. The second-order valence-corrected chi connectivity index (χ2v) is 18.7. The third-order valence-corrected chi connectivity index (χ3v) is 11.3. The van der Waals surface area contributed by atoms with Crippen molar-refractivity contribution in [1.29, 1.82) is 0 Å². The molecule has 0 radical (unpaired) electrons. The van der Waals surface area contributed by atoms with Crippen LogP contribution in [-0.2, 0) is 9.47 Å². The number of ether oxygens (including phenoxy) is 2. The number of nitrogens with zero attached hydrogens (tertiary/aromatic N) is 14. The number of piperidine rings is 3. The topological polar surface area (TPSA) is 200 Å². The lowest BCUT2D eigenvalue weighted by Gasteiger charge is -2.34. The molecule has 3 fully saturated rings. The summed E-state index contributed by atoms with van der Waals surface area (Å²) in [6.45, 7) is 14.5. The van der Waals surface area contributed by atoms with Gasteiger partial charge in [-0.3, -0.25) is 0 Å². The minimum Gasteiger partial charge on any atom is -0.444 e. The Hall–Kier alpha value is -6.27. The molecule has 9 heterocycles. The van der Waals surface area contributed by atoms with E-state index in [4.69, 9.17) is 9.47 Å². The first-order chi connectivity index (χ1) is 32.2. The molecule has 3 aliphatic heterocycles. The lowest BCUT2D eigenvalue weighted by molar-refractivity contribution is 0.0187. The Morgan fingerprint density at radius 2 is 1.06 bits per heavy atom. The molecule has 3 unspecified atom stereocenters. The van der Waals surface area contributed by atoms with E-state index < -0.39 is 42.7 Å². The maximum absolute atomic E-state index is 13.3. The van der Waals surface area contributed by atoms with Gasteiger partial charge in [0.2, 0.25) is 0 Å². The van der Waals surface area contributed by atoms with Crippen molar-refractivity contribution in [3.05, 3.63) is 71.3 Å². The van der Waals surface area contributed by atoms with Crippen LogP contribution in [0.15, 0.2) is 37.2 Å². The number of nitrogens with one attached hydrogen (secondary N) is 1. The van der Waals surface area contributed by atoms with Crippen molar-refractivity contribution < 1.29 is 45.4 Å². The number of halogens is 6. The van der Waals surface area contributed by atoms with E-state index in [1.54, 1.807) is 9.80 Å². The van der Waals surface area contributed by atoms with Gasteiger partial charge in [0.05, 0.1) is 17.1 Å². The van der Waals surface area contributed by atoms with Crippen LogP contribution in [0, 0.1) is 0 Å². The Bertz CT molecular complexity index is 2660. The number of amides is 2. The third-order valence-electron chi connectivity index (χ3n) is 11.3. The van der Waals surface area contributed by atoms with Crippen LogP contribution >= 0.6 is 0 Å². The van der Waals surface area contributed by atoms with Crippen LogP contribution in [0.3, 0.4) is 0 Å². The summed E-state index contributed by atoms with van der Waals surface area (Å²) in [6, 6.07) is 4.16. The molecule has 368 valence electrons. The molecule has 6 aromatic rings. The summed E-state index contributed by atoms with van der Waals surface area (Å²) in [7, 11) is 0. The molecule has 0 spiro atoms. The average Bonchev–Trinajstić information content (AvgIpc) is 4.09. The molecule has 25 heteroatoms. The van der Waals surface area contributed by atoms with Crippen LogP contribution in [-0.4, -0.2) is 131 Å². The molecule has 3 saturated heterocycles. The van der Waals surface area contributed by atoms with Crippen molar-refractivity contribution in [2.75, 3.05) is 39.3 Å². The highest BCUT2D eigenvalue weighted by Crippen LogP contribution is 2.32. The SMILES string of the molecule is CC(C)(C)OC(=O)N1CCCC(c2cc(C(F)F)n3ncnc3n2)C1.CC(C)(C)OC(=O)N1CCCC(c2cc(C(F)F)nc3ncnn23)C1.FC(F)c1cc(C2CCCNC2)nc2ncnn12. The average molecular weight is 960 g/mol. The zero-order chi connectivity index (χ0) is 48.9. The van der Waals surface area contributed by atoms with E-state index in [2.05, 4.69) is 50.5 Å². The highest BCUT2D eigenvalue weighted by Gasteiger charge is 2.32. The van der Waals surface area contributed by atoms with Crippen molar-refractivity contribution >= 4 is 29.5 Å². The second kappa shape index (κ2) is 20.9. The molecule has 0 saturated carbocycles. The number of hydrogen-bond donors (Lipinski definition) is 1. The van der Waals surface area contributed by atoms with Crippen LogP contribution in [0.25, 0.3) is 17.3 Å². The van der Waals surface area contributed by atoms with Crippen molar-refractivity contribution in [2.24, 2.45) is 0 Å². The van der Waals surface area contributed by atoms with Gasteiger partial charge in [-0.1, -0.05) is 0 Å². The van der Waals surface area contributed by atoms with Gasteiger partial charge in [0.1, 0.15) is 47.3 Å². The molecule has 0 bridgehead atoms. The standard InChI is InChI=1S/2C16H21F2N5O2.C11H13F2N5/c1-16(2,3)25-15(24)22-6-4-5-10(8-22)12-7-11(13(17)18)21-14-19-9-20-23(12)14;1-16(2,3)25-15(24)22-6-4-5-10(8-22)11-7-12(13(17)18)23-14(21-11)19-9-20-23;12-10(13)9-4-8(7-2-1-3-14-5-7)17-11-15-6-16-18(9)11/h2*7,9-10,13H,4-6,8H2,1-3H3;4,6-7,10,14H,1-3,5H2. The third kappa shape index (κ3) is 12.2. The van der Waals surface area contributed by atoms with Gasteiger partial charge in [-0.05, 0) is 105 Å². The molecule has 0 aromatic carbocycles. The molecule has 3 aliphatic rings. The van der Waals surface area contributed by atoms with Gasteiger partial charge in [-0.2, -0.15) is 39.3 Å². The first kappa shape index (κ1) is 49.6. The molecule has 9 rings (SSSR count). The first-order valence-corrected chi connectivity index (χ1v) is 22.4. The number of aromatic nitrogens is 12. The van der Waals surface area contributed by atoms with Crippen LogP contribution in [0.1, 0.15) is 151 Å². The summed E-state index contributed by atoms with van der Waals surface area (Å²) in [4.78, 5) is 52.1. The van der Waals surface area contributed by atoms with Gasteiger partial charge in [0.25, 0.3) is 36.6 Å². The number of likely N-dealkylation sites (tertiary alicyclic amines) is 2. The van der Waals surface area contributed by atoms with E-state index in [1.807, 2.05) is 41.5 Å². The summed E-state index contributed by atoms with van der Waals surface area (Å²) in [5.74, 6) is 0.433. The normalized spacial score (nSPS) is 19.3. The monoisotopic (exact) mass is 959 g/mol. The first-order valence-electron chi connectivity index (χ1n) is 22.4. The number of carbonyl (C=O) groups excluding carboxylic acids is 2. The quantitative estimate of drug-likeness (QED) is 0.158. The van der Waals surface area contributed by atoms with Gasteiger partial charge in [0.15, 0.2) is 0 Å². The minimum atomic E-state index is -2.69. The molecule has 0 aliphatic carbocycles. The fraction of sp³-hybridized carbons (Fsp3) is 0.605. The molecular formula is C43H55F6N15O4. The highest BCUT2D eigenvalue weighted by atomic mass is 19.3. The van der Waals surface area contributed by atoms with Crippen molar-refractivity contribution in [3.8, 4) is 0 Å². The number of rotatable bonds is 6. The Morgan fingerprint density at radius 3 is 1.53 bits per heavy atom. The maximum atomic E-state index is 13.3. The van der Waals surface area contributed by atoms with Crippen molar-refractivity contribution in [1.82, 2.24) is 73.9 Å². The summed E-state index contributed by atoms with van der Waals surface area (Å²) in [5.41, 5.74) is -0.100. The van der Waals surface area contributed by atoms with E-state index in [0.29, 0.717) is 43.3 Å². The van der Waals surface area contributed by atoms with E-state index in [9.17, 15) is 35.9 Å². The molecule has 3 atom stereocenters. The number of carbonyl (C=O) groups is 2. The fourth-order valence-electron chi connectivity index (χ4n) is 8.22. The van der Waals surface area contributed by atoms with Gasteiger partial charge in [0, 0.05) is 50.5 Å². The van der Waals surface area contributed by atoms with E-state index in [-0.39, 0.29) is 52.2 Å². The number of hydrogen-bond acceptors (Lipinski definition) is 14. The van der Waals surface area contributed by atoms with Crippen LogP contribution in [0.5, 0.6) is 0 Å². The van der Waals surface area contributed by atoms with Crippen LogP contribution in [0.2, 0.25) is 0 Å². The van der Waals surface area contributed by atoms with Crippen LogP contribution in [0.4, 0.5) is 35.9 Å². The molecule has 2 amide bonds. The van der Waals surface area contributed by atoms with E-state index in [0.717, 1.165) is 60.6 Å². The fourth-order valence-corrected chi connectivity index (χ4v) is 8.22. The summed E-state index contributed by atoms with van der Waals surface area (Å²) < 4.78 is 93.3. The summed E-state index contributed by atoms with van der Waals surface area (Å²) in [6.07, 6.45) is 0.0416. The lowest BCUT2D eigenvalue weighted by Crippen LogP contribution is -2.42. The molecule has 6 aromatic heterocycles. The lowest BCUT2D eigenvalue weighted by atomic mass is 9.94. The molecule has 19 nitrogen and oxygen atoms in total. The minimum absolute atomic E-state index is 0.133. The molecule has 1 N–H and O–H groups in total. The van der Waals surface area contributed by atoms with Gasteiger partial charge in [-0.15, -0.1) is 0 Å². The van der Waals surface area contributed by atoms with Gasteiger partial charge < -0.3 is 24.6 Å². The maximum Gasteiger partial charge on any atom is 0.410 e. The largest absolute Gasteiger partial charge is 0.444 e. The number of alkyl halides is 6. The van der Waals surface area contributed by atoms with Crippen molar-refractivity contribution in [3.63, 3.8) is 0 Å². The Labute approximate surface area is 387 Å². The second-order valence-electron chi connectivity index (χ2n) is 18.7. The Balaban J connectivity index is 0.000000153. The molecule has 68 heavy (non-hydrogen) atoms. The van der Waals surface area contributed by atoms with Gasteiger partial charge >= 0.3 is 12.2 Å². The van der Waals surface area contributed by atoms with E-state index in [1.165, 1.54) is 41.7 Å².